The first kappa shape index (κ1) is 18.9. The fraction of sp³-hybridized carbons (Fsp3) is 0.381. The average Bonchev–Trinajstić information content (AvgIpc) is 2.66. The van der Waals surface area contributed by atoms with Gasteiger partial charge in [-0.15, -0.1) is 12.4 Å². The highest BCUT2D eigenvalue weighted by atomic mass is 35.5. The Morgan fingerprint density at radius 1 is 1.00 bits per heavy atom. The van der Waals surface area contributed by atoms with Crippen molar-refractivity contribution >= 4 is 18.4 Å². The number of carboxylic acids is 1. The number of aliphatic carboxylic acids is 1. The summed E-state index contributed by atoms with van der Waals surface area (Å²) in [5.41, 5.74) is 2.33. The minimum Gasteiger partial charge on any atom is -0.481 e. The summed E-state index contributed by atoms with van der Waals surface area (Å²) in [7, 11) is 0. The van der Waals surface area contributed by atoms with Crippen LogP contribution in [0.4, 0.5) is 0 Å². The van der Waals surface area contributed by atoms with Crippen LogP contribution in [0.3, 0.4) is 0 Å². The zero-order valence-corrected chi connectivity index (χ0v) is 15.3. The van der Waals surface area contributed by atoms with Crippen molar-refractivity contribution in [1.82, 2.24) is 4.90 Å². The van der Waals surface area contributed by atoms with Crippen LogP contribution < -0.4 is 0 Å². The maximum Gasteiger partial charge on any atom is 0.308 e. The summed E-state index contributed by atoms with van der Waals surface area (Å²) < 4.78 is 0. The van der Waals surface area contributed by atoms with Gasteiger partial charge in [-0.05, 0) is 24.1 Å². The zero-order chi connectivity index (χ0) is 17.4. The number of fused-ring (bicyclic) bond motifs is 3. The molecule has 0 aliphatic carbocycles. The Labute approximate surface area is 159 Å². The maximum atomic E-state index is 11.6. The Morgan fingerprint density at radius 2 is 1.54 bits per heavy atom. The minimum atomic E-state index is -0.789. The van der Waals surface area contributed by atoms with E-state index in [1.807, 2.05) is 36.4 Å². The Hall–Kier alpha value is -1.88. The predicted octanol–water partition coefficient (Wildman–Crippen LogP) is 3.01. The van der Waals surface area contributed by atoms with Crippen molar-refractivity contribution in [3.05, 3.63) is 71.8 Å². The Morgan fingerprint density at radius 3 is 2.00 bits per heavy atom. The van der Waals surface area contributed by atoms with E-state index < -0.39 is 18.0 Å². The predicted molar refractivity (Wildman–Crippen MR) is 103 cm³/mol. The van der Waals surface area contributed by atoms with Gasteiger partial charge >= 0.3 is 5.97 Å². The number of benzene rings is 2. The van der Waals surface area contributed by atoms with Gasteiger partial charge in [0.05, 0.1) is 12.0 Å². The normalized spacial score (nSPS) is 30.0. The smallest absolute Gasteiger partial charge is 0.308 e. The molecule has 0 amide bonds. The van der Waals surface area contributed by atoms with E-state index in [4.69, 9.17) is 0 Å². The van der Waals surface area contributed by atoms with Crippen LogP contribution in [0.1, 0.15) is 23.5 Å². The van der Waals surface area contributed by atoms with Gasteiger partial charge in [0.2, 0.25) is 0 Å². The quantitative estimate of drug-likeness (QED) is 0.864. The van der Waals surface area contributed by atoms with Crippen LogP contribution in [0.5, 0.6) is 0 Å². The van der Waals surface area contributed by atoms with E-state index in [1.54, 1.807) is 0 Å². The van der Waals surface area contributed by atoms with Crippen molar-refractivity contribution in [3.63, 3.8) is 0 Å². The number of rotatable bonds is 4. The van der Waals surface area contributed by atoms with Crippen molar-refractivity contribution in [2.24, 2.45) is 11.8 Å². The molecule has 26 heavy (non-hydrogen) atoms. The summed E-state index contributed by atoms with van der Waals surface area (Å²) in [6, 6.07) is 20.4. The largest absolute Gasteiger partial charge is 0.481 e. The first-order valence-corrected chi connectivity index (χ1v) is 8.91. The van der Waals surface area contributed by atoms with Gasteiger partial charge in [-0.3, -0.25) is 9.69 Å². The number of carbonyl (C=O) groups is 1. The number of aliphatic hydroxyl groups is 1. The Bertz CT molecular complexity index is 698. The third kappa shape index (κ3) is 3.25. The third-order valence-electron chi connectivity index (χ3n) is 5.88. The summed E-state index contributed by atoms with van der Waals surface area (Å²) in [6.45, 7) is 1.38. The number of nitrogens with zero attached hydrogens (tertiary/aromatic N) is 1. The first-order valence-electron chi connectivity index (χ1n) is 8.91. The maximum absolute atomic E-state index is 11.6. The van der Waals surface area contributed by atoms with Crippen LogP contribution in [-0.4, -0.2) is 46.3 Å². The molecule has 5 rings (SSSR count). The number of carboxylic acid groups (broad SMARTS) is 1. The number of aliphatic hydroxyl groups excluding tert-OH is 1. The third-order valence-corrected chi connectivity index (χ3v) is 5.88. The Balaban J connectivity index is 0.00000196. The van der Waals surface area contributed by atoms with Crippen LogP contribution in [0, 0.1) is 11.8 Å². The molecule has 138 valence electrons. The molecule has 3 heterocycles. The van der Waals surface area contributed by atoms with Crippen LogP contribution >= 0.6 is 12.4 Å². The molecule has 5 unspecified atom stereocenters. The second kappa shape index (κ2) is 7.78. The number of piperidine rings is 3. The van der Waals surface area contributed by atoms with E-state index in [-0.39, 0.29) is 30.3 Å². The molecule has 5 atom stereocenters. The highest BCUT2D eigenvalue weighted by Gasteiger charge is 2.52. The van der Waals surface area contributed by atoms with E-state index in [2.05, 4.69) is 29.2 Å². The number of hydrogen-bond donors (Lipinski definition) is 2. The van der Waals surface area contributed by atoms with Crippen LogP contribution in [0.15, 0.2) is 60.7 Å². The lowest BCUT2D eigenvalue weighted by Crippen LogP contribution is -2.64. The lowest BCUT2D eigenvalue weighted by Gasteiger charge is -2.54. The Kier molecular flexibility index (Phi) is 5.66. The van der Waals surface area contributed by atoms with E-state index >= 15 is 0 Å². The van der Waals surface area contributed by atoms with Crippen LogP contribution in [0.25, 0.3) is 0 Å². The highest BCUT2D eigenvalue weighted by molar-refractivity contribution is 5.85. The molecule has 2 aromatic rings. The first-order chi connectivity index (χ1) is 12.2. The van der Waals surface area contributed by atoms with Crippen molar-refractivity contribution < 1.29 is 15.0 Å². The van der Waals surface area contributed by atoms with Gasteiger partial charge in [0, 0.05) is 24.4 Å². The summed E-state index contributed by atoms with van der Waals surface area (Å²) in [5, 5.41) is 20.6. The van der Waals surface area contributed by atoms with Gasteiger partial charge < -0.3 is 10.2 Å². The van der Waals surface area contributed by atoms with E-state index in [9.17, 15) is 15.0 Å². The standard InChI is InChI=1S/C21H23NO3.ClH/c23-20-16-11-12-22(13-17(16)21(24)25)19(20)18(14-7-3-1-4-8-14)15-9-5-2-6-10-15;/h1-10,16-20,23H,11-13H2,(H,24,25);1H. The number of hydrogen-bond acceptors (Lipinski definition) is 3. The molecule has 0 saturated carbocycles. The molecule has 2 bridgehead atoms. The second-order valence-corrected chi connectivity index (χ2v) is 7.17. The van der Waals surface area contributed by atoms with E-state index in [0.717, 1.165) is 24.1 Å². The molecule has 0 aromatic heterocycles. The SMILES string of the molecule is Cl.O=C(O)C1CN2CCC1C(O)C2C(c1ccccc1)c1ccccc1. The zero-order valence-electron chi connectivity index (χ0n) is 14.4. The van der Waals surface area contributed by atoms with Gasteiger partial charge in [-0.25, -0.2) is 0 Å². The van der Waals surface area contributed by atoms with Gasteiger partial charge in [-0.1, -0.05) is 60.7 Å². The van der Waals surface area contributed by atoms with Crippen molar-refractivity contribution in [2.75, 3.05) is 13.1 Å². The van der Waals surface area contributed by atoms with E-state index in [0.29, 0.717) is 6.54 Å². The molecule has 3 aliphatic rings. The van der Waals surface area contributed by atoms with Gasteiger partial charge in [0.15, 0.2) is 0 Å². The van der Waals surface area contributed by atoms with E-state index in [1.165, 1.54) is 0 Å². The van der Waals surface area contributed by atoms with Gasteiger partial charge in [-0.2, -0.15) is 0 Å². The second-order valence-electron chi connectivity index (χ2n) is 7.17. The fourth-order valence-corrected chi connectivity index (χ4v) is 4.72. The lowest BCUT2D eigenvalue weighted by molar-refractivity contribution is -0.162. The summed E-state index contributed by atoms with van der Waals surface area (Å²) in [6.07, 6.45) is 0.124. The molecular weight excluding hydrogens is 350 g/mol. The molecule has 5 heteroatoms. The topological polar surface area (TPSA) is 60.8 Å². The van der Waals surface area contributed by atoms with Crippen molar-refractivity contribution in [2.45, 2.75) is 24.5 Å². The molecule has 0 spiro atoms. The molecule has 3 saturated heterocycles. The van der Waals surface area contributed by atoms with Crippen LogP contribution in [0.2, 0.25) is 0 Å². The molecule has 0 radical (unpaired) electrons. The summed E-state index contributed by atoms with van der Waals surface area (Å²) in [5.74, 6) is -1.38. The number of halogens is 1. The molecule has 4 nitrogen and oxygen atoms in total. The molecule has 3 aliphatic heterocycles. The van der Waals surface area contributed by atoms with Crippen molar-refractivity contribution in [1.29, 1.82) is 0 Å². The average molecular weight is 374 g/mol. The summed E-state index contributed by atoms with van der Waals surface area (Å²) in [4.78, 5) is 13.8. The van der Waals surface area contributed by atoms with Crippen molar-refractivity contribution in [3.8, 4) is 0 Å². The van der Waals surface area contributed by atoms with Gasteiger partial charge in [0.25, 0.3) is 0 Å². The fourth-order valence-electron chi connectivity index (χ4n) is 4.72. The lowest BCUT2D eigenvalue weighted by atomic mass is 9.68. The molecular formula is C21H24ClNO3. The van der Waals surface area contributed by atoms with Crippen LogP contribution in [-0.2, 0) is 4.79 Å². The minimum absolute atomic E-state index is 0. The van der Waals surface area contributed by atoms with Gasteiger partial charge in [0.1, 0.15) is 0 Å². The highest BCUT2D eigenvalue weighted by Crippen LogP contribution is 2.44. The molecule has 2 aromatic carbocycles. The molecule has 3 fully saturated rings. The molecule has 2 N–H and O–H groups in total. The summed E-state index contributed by atoms with van der Waals surface area (Å²) >= 11 is 0. The monoisotopic (exact) mass is 373 g/mol.